The molecule has 0 spiro atoms. The fourth-order valence-corrected chi connectivity index (χ4v) is 1.78. The lowest BCUT2D eigenvalue weighted by Gasteiger charge is -2.32. The fourth-order valence-electron chi connectivity index (χ4n) is 1.78. The van der Waals surface area contributed by atoms with Crippen LogP contribution in [0.4, 0.5) is 0 Å². The molecular formula is C15H22N2O. The number of aliphatic hydroxyl groups is 1. The van der Waals surface area contributed by atoms with Gasteiger partial charge in [-0.25, -0.2) is 0 Å². The van der Waals surface area contributed by atoms with E-state index in [-0.39, 0.29) is 24.1 Å². The number of aliphatic hydroxyl groups excluding tert-OH is 1. The molecule has 0 aliphatic heterocycles. The predicted octanol–water partition coefficient (Wildman–Crippen LogP) is 2.64. The van der Waals surface area contributed by atoms with Crippen molar-refractivity contribution in [2.75, 3.05) is 6.61 Å². The maximum absolute atomic E-state index is 9.49. The maximum Gasteiger partial charge on any atom is 0.101 e. The van der Waals surface area contributed by atoms with E-state index in [2.05, 4.69) is 32.2 Å². The second kappa shape index (κ2) is 6.53. The van der Waals surface area contributed by atoms with Crippen molar-refractivity contribution < 1.29 is 5.11 Å². The smallest absolute Gasteiger partial charge is 0.101 e. The molecule has 18 heavy (non-hydrogen) atoms. The first kappa shape index (κ1) is 14.7. The van der Waals surface area contributed by atoms with Crippen LogP contribution in [0.3, 0.4) is 0 Å². The number of hydrogen-bond acceptors (Lipinski definition) is 3. The highest BCUT2D eigenvalue weighted by atomic mass is 16.3. The number of benzene rings is 1. The van der Waals surface area contributed by atoms with Crippen LogP contribution >= 0.6 is 0 Å². The highest BCUT2D eigenvalue weighted by Gasteiger charge is 2.29. The predicted molar refractivity (Wildman–Crippen MR) is 72.9 cm³/mol. The summed E-state index contributed by atoms with van der Waals surface area (Å²) in [6.07, 6.45) is 0.908. The lowest BCUT2D eigenvalue weighted by atomic mass is 9.82. The second-order valence-electron chi connectivity index (χ2n) is 5.22. The summed E-state index contributed by atoms with van der Waals surface area (Å²) in [6.45, 7) is 6.19. The third kappa shape index (κ3) is 3.56. The number of nitriles is 1. The summed E-state index contributed by atoms with van der Waals surface area (Å²) in [4.78, 5) is 0. The quantitative estimate of drug-likeness (QED) is 0.811. The van der Waals surface area contributed by atoms with Crippen molar-refractivity contribution in [1.82, 2.24) is 5.32 Å². The minimum Gasteiger partial charge on any atom is -0.394 e. The normalized spacial score (nSPS) is 14.8. The minimum atomic E-state index is -0.278. The highest BCUT2D eigenvalue weighted by molar-refractivity contribution is 5.20. The molecule has 1 rings (SSSR count). The third-order valence-electron chi connectivity index (χ3n) is 3.57. The van der Waals surface area contributed by atoms with E-state index in [9.17, 15) is 10.4 Å². The van der Waals surface area contributed by atoms with Gasteiger partial charge in [0.2, 0.25) is 0 Å². The summed E-state index contributed by atoms with van der Waals surface area (Å²) in [7, 11) is 0. The zero-order chi connectivity index (χ0) is 13.6. The van der Waals surface area contributed by atoms with Gasteiger partial charge < -0.3 is 5.11 Å². The zero-order valence-electron chi connectivity index (χ0n) is 11.4. The Hall–Kier alpha value is -1.37. The lowest BCUT2D eigenvalue weighted by Crippen LogP contribution is -2.43. The van der Waals surface area contributed by atoms with E-state index in [1.807, 2.05) is 30.3 Å². The van der Waals surface area contributed by atoms with E-state index in [1.165, 1.54) is 0 Å². The molecule has 1 unspecified atom stereocenters. The molecule has 0 aliphatic carbocycles. The van der Waals surface area contributed by atoms with Crippen LogP contribution in [0.25, 0.3) is 0 Å². The molecule has 0 aliphatic rings. The van der Waals surface area contributed by atoms with Crippen LogP contribution in [0.1, 0.15) is 38.8 Å². The molecule has 0 fully saturated rings. The first-order chi connectivity index (χ1) is 8.55. The van der Waals surface area contributed by atoms with E-state index >= 15 is 0 Å². The zero-order valence-corrected chi connectivity index (χ0v) is 11.4. The number of rotatable bonds is 6. The van der Waals surface area contributed by atoms with Crippen LogP contribution in [-0.2, 0) is 0 Å². The molecule has 0 aromatic heterocycles. The van der Waals surface area contributed by atoms with Crippen LogP contribution in [0.5, 0.6) is 0 Å². The fraction of sp³-hybridized carbons (Fsp3) is 0.533. The molecule has 98 valence electrons. The Morgan fingerprint density at radius 1 is 1.33 bits per heavy atom. The standard InChI is InChI=1S/C15H22N2O/c1-4-15(2,3)14(10-16)17-13(11-18)12-8-6-5-7-9-12/h5-9,13-14,17-18H,4,11H2,1-3H3/t13-,14?/m0/s1. The van der Waals surface area contributed by atoms with E-state index in [0.717, 1.165) is 12.0 Å². The first-order valence-corrected chi connectivity index (χ1v) is 6.36. The Kier molecular flexibility index (Phi) is 5.33. The molecule has 2 N–H and O–H groups in total. The van der Waals surface area contributed by atoms with Crippen molar-refractivity contribution in [1.29, 1.82) is 5.26 Å². The van der Waals surface area contributed by atoms with Gasteiger partial charge >= 0.3 is 0 Å². The Morgan fingerprint density at radius 2 is 1.94 bits per heavy atom. The van der Waals surface area contributed by atoms with Gasteiger partial charge in [-0.15, -0.1) is 0 Å². The summed E-state index contributed by atoms with van der Waals surface area (Å²) >= 11 is 0. The van der Waals surface area contributed by atoms with E-state index in [1.54, 1.807) is 0 Å². The number of nitrogens with zero attached hydrogens (tertiary/aromatic N) is 1. The number of hydrogen-bond donors (Lipinski definition) is 2. The Balaban J connectivity index is 2.83. The maximum atomic E-state index is 9.49. The van der Waals surface area contributed by atoms with E-state index < -0.39 is 0 Å². The van der Waals surface area contributed by atoms with E-state index in [4.69, 9.17) is 0 Å². The van der Waals surface area contributed by atoms with Gasteiger partial charge in [0.25, 0.3) is 0 Å². The van der Waals surface area contributed by atoms with Crippen LogP contribution < -0.4 is 5.32 Å². The molecule has 0 amide bonds. The summed E-state index contributed by atoms with van der Waals surface area (Å²) < 4.78 is 0. The molecule has 2 atom stereocenters. The van der Waals surface area contributed by atoms with Crippen LogP contribution in [0, 0.1) is 16.7 Å². The van der Waals surface area contributed by atoms with Gasteiger partial charge in [0.05, 0.1) is 18.7 Å². The topological polar surface area (TPSA) is 56.0 Å². The highest BCUT2D eigenvalue weighted by Crippen LogP contribution is 2.26. The molecule has 3 heteroatoms. The summed E-state index contributed by atoms with van der Waals surface area (Å²) in [5, 5.41) is 22.0. The van der Waals surface area contributed by atoms with Crippen LogP contribution in [-0.4, -0.2) is 17.8 Å². The van der Waals surface area contributed by atoms with Gasteiger partial charge in [-0.1, -0.05) is 51.1 Å². The molecule has 0 bridgehead atoms. The van der Waals surface area contributed by atoms with Crippen molar-refractivity contribution in [3.63, 3.8) is 0 Å². The summed E-state index contributed by atoms with van der Waals surface area (Å²) in [6, 6.07) is 11.6. The average Bonchev–Trinajstić information content (AvgIpc) is 2.40. The van der Waals surface area contributed by atoms with Crippen molar-refractivity contribution in [3.8, 4) is 6.07 Å². The molecule has 0 saturated carbocycles. The van der Waals surface area contributed by atoms with Crippen LogP contribution in [0.15, 0.2) is 30.3 Å². The lowest BCUT2D eigenvalue weighted by molar-refractivity contribution is 0.200. The van der Waals surface area contributed by atoms with Crippen LogP contribution in [0.2, 0.25) is 0 Å². The average molecular weight is 246 g/mol. The van der Waals surface area contributed by atoms with Crippen molar-refractivity contribution in [3.05, 3.63) is 35.9 Å². The minimum absolute atomic E-state index is 0.0119. The summed E-state index contributed by atoms with van der Waals surface area (Å²) in [5.74, 6) is 0. The van der Waals surface area contributed by atoms with Crippen molar-refractivity contribution in [2.45, 2.75) is 39.3 Å². The molecule has 0 saturated heterocycles. The van der Waals surface area contributed by atoms with Gasteiger partial charge in [-0.2, -0.15) is 5.26 Å². The third-order valence-corrected chi connectivity index (χ3v) is 3.57. The van der Waals surface area contributed by atoms with Gasteiger partial charge in [0, 0.05) is 0 Å². The van der Waals surface area contributed by atoms with Gasteiger partial charge in [0.1, 0.15) is 6.04 Å². The monoisotopic (exact) mass is 246 g/mol. The molecular weight excluding hydrogens is 224 g/mol. The first-order valence-electron chi connectivity index (χ1n) is 6.36. The van der Waals surface area contributed by atoms with Gasteiger partial charge in [0.15, 0.2) is 0 Å². The van der Waals surface area contributed by atoms with E-state index in [0.29, 0.717) is 0 Å². The largest absolute Gasteiger partial charge is 0.394 e. The Labute approximate surface area is 109 Å². The SMILES string of the molecule is CCC(C)(C)C(C#N)N[C@@H](CO)c1ccccc1. The Bertz CT molecular complexity index is 395. The molecule has 0 radical (unpaired) electrons. The molecule has 1 aromatic rings. The Morgan fingerprint density at radius 3 is 2.39 bits per heavy atom. The summed E-state index contributed by atoms with van der Waals surface area (Å²) in [5.41, 5.74) is 0.892. The van der Waals surface area contributed by atoms with Gasteiger partial charge in [-0.3, -0.25) is 5.32 Å². The second-order valence-corrected chi connectivity index (χ2v) is 5.22. The molecule has 3 nitrogen and oxygen atoms in total. The molecule has 0 heterocycles. The van der Waals surface area contributed by atoms with Gasteiger partial charge in [-0.05, 0) is 17.4 Å². The van der Waals surface area contributed by atoms with Crippen molar-refractivity contribution in [2.24, 2.45) is 5.41 Å². The number of nitrogens with one attached hydrogen (secondary N) is 1. The molecule has 1 aromatic carbocycles. The van der Waals surface area contributed by atoms with Crippen molar-refractivity contribution >= 4 is 0 Å².